The number of hydrogen-bond acceptors (Lipinski definition) is 3. The second-order valence-corrected chi connectivity index (χ2v) is 2.76. The lowest BCUT2D eigenvalue weighted by molar-refractivity contribution is 0.422. The summed E-state index contributed by atoms with van der Waals surface area (Å²) in [4.78, 5) is 4.20. The average Bonchev–Trinajstić information content (AvgIpc) is 2.18. The van der Waals surface area contributed by atoms with E-state index in [0.717, 1.165) is 10.9 Å². The first-order chi connectivity index (χ1) is 6.33. The molecule has 3 nitrogen and oxygen atoms in total. The smallest absolute Gasteiger partial charge is 0.151 e. The molecule has 1 aromatic heterocycles. The number of ether oxygens (including phenoxy) is 1. The zero-order valence-electron chi connectivity index (χ0n) is 7.32. The standard InChI is InChI=1S/C10H10N2O/c1-13-10-7-3-2-6-12-9(7)5-4-8(10)11/h2-6H,11H2,1H3. The van der Waals surface area contributed by atoms with Crippen LogP contribution in [-0.2, 0) is 0 Å². The Morgan fingerprint density at radius 2 is 2.15 bits per heavy atom. The minimum atomic E-state index is 0.642. The molecule has 2 aromatic rings. The summed E-state index contributed by atoms with van der Waals surface area (Å²) in [5.41, 5.74) is 7.28. The van der Waals surface area contributed by atoms with Gasteiger partial charge in [-0.25, -0.2) is 0 Å². The van der Waals surface area contributed by atoms with E-state index >= 15 is 0 Å². The predicted molar refractivity (Wildman–Crippen MR) is 52.7 cm³/mol. The molecule has 0 bridgehead atoms. The van der Waals surface area contributed by atoms with Gasteiger partial charge >= 0.3 is 0 Å². The molecule has 13 heavy (non-hydrogen) atoms. The summed E-state index contributed by atoms with van der Waals surface area (Å²) in [6.45, 7) is 0. The van der Waals surface area contributed by atoms with Crippen molar-refractivity contribution >= 4 is 16.6 Å². The molecule has 3 heteroatoms. The van der Waals surface area contributed by atoms with Crippen LogP contribution in [0.25, 0.3) is 10.9 Å². The van der Waals surface area contributed by atoms with Gasteiger partial charge in [-0.05, 0) is 24.3 Å². The van der Waals surface area contributed by atoms with Gasteiger partial charge in [-0.2, -0.15) is 0 Å². The average molecular weight is 174 g/mol. The van der Waals surface area contributed by atoms with Crippen molar-refractivity contribution in [3.63, 3.8) is 0 Å². The van der Waals surface area contributed by atoms with Crippen molar-refractivity contribution in [2.75, 3.05) is 12.8 Å². The third kappa shape index (κ3) is 1.18. The van der Waals surface area contributed by atoms with E-state index < -0.39 is 0 Å². The highest BCUT2D eigenvalue weighted by molar-refractivity contribution is 5.90. The third-order valence-corrected chi connectivity index (χ3v) is 1.97. The zero-order chi connectivity index (χ0) is 9.26. The number of rotatable bonds is 1. The van der Waals surface area contributed by atoms with Gasteiger partial charge in [-0.1, -0.05) is 0 Å². The Bertz CT molecular complexity index is 440. The van der Waals surface area contributed by atoms with Crippen LogP contribution in [0.4, 0.5) is 5.69 Å². The quantitative estimate of drug-likeness (QED) is 0.671. The molecule has 0 aliphatic heterocycles. The molecule has 0 saturated heterocycles. The molecule has 66 valence electrons. The van der Waals surface area contributed by atoms with Gasteiger partial charge in [0, 0.05) is 11.6 Å². The number of pyridine rings is 1. The summed E-state index contributed by atoms with van der Waals surface area (Å²) in [5.74, 6) is 0.700. The van der Waals surface area contributed by atoms with Gasteiger partial charge in [-0.15, -0.1) is 0 Å². The van der Waals surface area contributed by atoms with E-state index in [9.17, 15) is 0 Å². The Balaban J connectivity index is 2.84. The fraction of sp³-hybridized carbons (Fsp3) is 0.100. The molecule has 0 fully saturated rings. The van der Waals surface area contributed by atoms with Crippen molar-refractivity contribution in [1.29, 1.82) is 0 Å². The molecule has 0 unspecified atom stereocenters. The number of nitrogens with two attached hydrogens (primary N) is 1. The van der Waals surface area contributed by atoms with E-state index in [4.69, 9.17) is 10.5 Å². The van der Waals surface area contributed by atoms with Crippen LogP contribution in [0.2, 0.25) is 0 Å². The molecule has 1 heterocycles. The van der Waals surface area contributed by atoms with E-state index in [1.165, 1.54) is 0 Å². The first kappa shape index (κ1) is 7.86. The van der Waals surface area contributed by atoms with Crippen LogP contribution >= 0.6 is 0 Å². The van der Waals surface area contributed by atoms with E-state index in [0.29, 0.717) is 11.4 Å². The maximum Gasteiger partial charge on any atom is 0.151 e. The van der Waals surface area contributed by atoms with Crippen molar-refractivity contribution in [3.05, 3.63) is 30.5 Å². The number of nitrogens with zero attached hydrogens (tertiary/aromatic N) is 1. The predicted octanol–water partition coefficient (Wildman–Crippen LogP) is 1.83. The zero-order valence-corrected chi connectivity index (χ0v) is 7.32. The maximum absolute atomic E-state index is 5.74. The van der Waals surface area contributed by atoms with Gasteiger partial charge in [0.1, 0.15) is 0 Å². The third-order valence-electron chi connectivity index (χ3n) is 1.97. The monoisotopic (exact) mass is 174 g/mol. The molecule has 0 aliphatic carbocycles. The molecule has 0 aliphatic rings. The summed E-state index contributed by atoms with van der Waals surface area (Å²) in [6, 6.07) is 7.49. The molecule has 0 spiro atoms. The molecule has 0 atom stereocenters. The molecule has 1 aromatic carbocycles. The van der Waals surface area contributed by atoms with E-state index in [2.05, 4.69) is 4.98 Å². The molecule has 2 rings (SSSR count). The summed E-state index contributed by atoms with van der Waals surface area (Å²) in [6.07, 6.45) is 1.75. The van der Waals surface area contributed by atoms with Crippen molar-refractivity contribution in [1.82, 2.24) is 4.98 Å². The fourth-order valence-corrected chi connectivity index (χ4v) is 1.37. The summed E-state index contributed by atoms with van der Waals surface area (Å²) in [7, 11) is 1.61. The van der Waals surface area contributed by atoms with Crippen LogP contribution in [-0.4, -0.2) is 12.1 Å². The van der Waals surface area contributed by atoms with Gasteiger partial charge < -0.3 is 10.5 Å². The number of fused-ring (bicyclic) bond motifs is 1. The maximum atomic E-state index is 5.74. The minimum absolute atomic E-state index is 0.642. The Labute approximate surface area is 76.2 Å². The van der Waals surface area contributed by atoms with Crippen molar-refractivity contribution in [2.24, 2.45) is 0 Å². The lowest BCUT2D eigenvalue weighted by atomic mass is 10.2. The molecule has 0 amide bonds. The number of hydrogen-bond donors (Lipinski definition) is 1. The highest BCUT2D eigenvalue weighted by atomic mass is 16.5. The number of benzene rings is 1. The summed E-state index contributed by atoms with van der Waals surface area (Å²) >= 11 is 0. The second-order valence-electron chi connectivity index (χ2n) is 2.76. The van der Waals surface area contributed by atoms with Crippen LogP contribution in [0.5, 0.6) is 5.75 Å². The number of methoxy groups -OCH3 is 1. The van der Waals surface area contributed by atoms with E-state index in [-0.39, 0.29) is 0 Å². The number of anilines is 1. The Hall–Kier alpha value is -1.77. The molecule has 2 N–H and O–H groups in total. The first-order valence-electron chi connectivity index (χ1n) is 4.00. The Morgan fingerprint density at radius 1 is 1.31 bits per heavy atom. The van der Waals surface area contributed by atoms with Crippen LogP contribution < -0.4 is 10.5 Å². The largest absolute Gasteiger partial charge is 0.494 e. The Morgan fingerprint density at radius 3 is 2.92 bits per heavy atom. The highest BCUT2D eigenvalue weighted by Crippen LogP contribution is 2.29. The first-order valence-corrected chi connectivity index (χ1v) is 4.00. The minimum Gasteiger partial charge on any atom is -0.494 e. The fourth-order valence-electron chi connectivity index (χ4n) is 1.37. The lowest BCUT2D eigenvalue weighted by Gasteiger charge is -2.06. The van der Waals surface area contributed by atoms with Gasteiger partial charge in [-0.3, -0.25) is 4.98 Å². The van der Waals surface area contributed by atoms with Gasteiger partial charge in [0.15, 0.2) is 5.75 Å². The highest BCUT2D eigenvalue weighted by Gasteiger charge is 2.04. The summed E-state index contributed by atoms with van der Waals surface area (Å²) < 4.78 is 5.19. The van der Waals surface area contributed by atoms with Gasteiger partial charge in [0.05, 0.1) is 18.3 Å². The number of aromatic nitrogens is 1. The van der Waals surface area contributed by atoms with Crippen LogP contribution in [0.1, 0.15) is 0 Å². The van der Waals surface area contributed by atoms with E-state index in [1.54, 1.807) is 19.4 Å². The topological polar surface area (TPSA) is 48.1 Å². The van der Waals surface area contributed by atoms with Crippen LogP contribution in [0.15, 0.2) is 30.5 Å². The van der Waals surface area contributed by atoms with Crippen LogP contribution in [0, 0.1) is 0 Å². The number of nitrogen functional groups attached to an aromatic ring is 1. The Kier molecular flexibility index (Phi) is 1.77. The molecular weight excluding hydrogens is 164 g/mol. The van der Waals surface area contributed by atoms with Crippen molar-refractivity contribution in [2.45, 2.75) is 0 Å². The van der Waals surface area contributed by atoms with Crippen LogP contribution in [0.3, 0.4) is 0 Å². The molecule has 0 saturated carbocycles. The summed E-state index contributed by atoms with van der Waals surface area (Å²) in [5, 5.41) is 0.949. The van der Waals surface area contributed by atoms with Crippen molar-refractivity contribution < 1.29 is 4.74 Å². The molecular formula is C10H10N2O. The van der Waals surface area contributed by atoms with Crippen molar-refractivity contribution in [3.8, 4) is 5.75 Å². The van der Waals surface area contributed by atoms with Gasteiger partial charge in [0.2, 0.25) is 0 Å². The van der Waals surface area contributed by atoms with E-state index in [1.807, 2.05) is 18.2 Å². The normalized spacial score (nSPS) is 10.2. The molecule has 0 radical (unpaired) electrons. The van der Waals surface area contributed by atoms with Gasteiger partial charge in [0.25, 0.3) is 0 Å². The SMILES string of the molecule is COc1c(N)ccc2ncccc12. The second kappa shape index (κ2) is 2.94. The lowest BCUT2D eigenvalue weighted by Crippen LogP contribution is -1.93.